The molecule has 0 aliphatic carbocycles. The Morgan fingerprint density at radius 2 is 1.91 bits per heavy atom. The molecule has 1 N–H and O–H groups in total. The van der Waals surface area contributed by atoms with E-state index in [-0.39, 0.29) is 24.5 Å². The molecule has 1 aromatic heterocycles. The van der Waals surface area contributed by atoms with Crippen molar-refractivity contribution in [1.29, 1.82) is 5.26 Å². The topological polar surface area (TPSA) is 102 Å². The van der Waals surface area contributed by atoms with Gasteiger partial charge in [-0.3, -0.25) is 9.59 Å². The molecule has 3 aromatic rings. The molecule has 1 amide bonds. The van der Waals surface area contributed by atoms with Gasteiger partial charge in [-0.15, -0.1) is 0 Å². The van der Waals surface area contributed by atoms with E-state index < -0.39 is 5.91 Å². The molecule has 0 aliphatic heterocycles. The number of benzene rings is 2. The van der Waals surface area contributed by atoms with Crippen molar-refractivity contribution >= 4 is 18.0 Å². The molecule has 1 heterocycles. The normalized spacial score (nSPS) is 10.8. The monoisotopic (exact) mass is 444 g/mol. The largest absolute Gasteiger partial charge is 0.494 e. The molecule has 7 nitrogen and oxygen atoms in total. The third-order valence-electron chi connectivity index (χ3n) is 4.57. The summed E-state index contributed by atoms with van der Waals surface area (Å²) in [5.74, 6) is 0.892. The summed E-state index contributed by atoms with van der Waals surface area (Å²) in [6.45, 7) is 2.60. The first-order valence-electron chi connectivity index (χ1n) is 10.5. The number of furan rings is 1. The van der Waals surface area contributed by atoms with Gasteiger partial charge >= 0.3 is 5.97 Å². The smallest absolute Gasteiger partial charge is 0.311 e. The van der Waals surface area contributed by atoms with Crippen molar-refractivity contribution in [2.24, 2.45) is 0 Å². The maximum atomic E-state index is 12.2. The van der Waals surface area contributed by atoms with Crippen LogP contribution in [0.25, 0.3) is 6.08 Å². The standard InChI is InChI=1S/C26H24N2O5/c1-19-5-2-6-23(15-19)31-14-4-8-25(29)33-22-11-9-20(10-12-22)16-21(17-27)26(30)28-18-24-7-3-13-32-24/h2-3,5-7,9-13,15-16H,4,8,14,18H2,1H3,(H,28,30)/b21-16+. The maximum Gasteiger partial charge on any atom is 0.311 e. The van der Waals surface area contributed by atoms with E-state index in [2.05, 4.69) is 5.32 Å². The number of rotatable bonds is 10. The Labute approximate surface area is 192 Å². The molecular weight excluding hydrogens is 420 g/mol. The molecule has 0 radical (unpaired) electrons. The van der Waals surface area contributed by atoms with Gasteiger partial charge in [-0.25, -0.2) is 0 Å². The molecule has 7 heteroatoms. The van der Waals surface area contributed by atoms with E-state index in [9.17, 15) is 14.9 Å². The number of hydrogen-bond acceptors (Lipinski definition) is 6. The number of nitrogens with zero attached hydrogens (tertiary/aromatic N) is 1. The van der Waals surface area contributed by atoms with Crippen LogP contribution in [0.4, 0.5) is 0 Å². The minimum atomic E-state index is -0.503. The molecular formula is C26H24N2O5. The van der Waals surface area contributed by atoms with Gasteiger partial charge in [-0.05, 0) is 66.9 Å². The molecule has 0 unspecified atom stereocenters. The highest BCUT2D eigenvalue weighted by Gasteiger charge is 2.10. The minimum Gasteiger partial charge on any atom is -0.494 e. The average Bonchev–Trinajstić information content (AvgIpc) is 3.34. The zero-order chi connectivity index (χ0) is 23.5. The van der Waals surface area contributed by atoms with Crippen LogP contribution in [0.15, 0.2) is 76.9 Å². The highest BCUT2D eigenvalue weighted by molar-refractivity contribution is 6.01. The van der Waals surface area contributed by atoms with E-state index in [1.165, 1.54) is 12.3 Å². The summed E-state index contributed by atoms with van der Waals surface area (Å²) >= 11 is 0. The van der Waals surface area contributed by atoms with Gasteiger partial charge in [-0.2, -0.15) is 5.26 Å². The second-order valence-electron chi connectivity index (χ2n) is 7.24. The van der Waals surface area contributed by atoms with Crippen LogP contribution in [0, 0.1) is 18.3 Å². The molecule has 168 valence electrons. The lowest BCUT2D eigenvalue weighted by molar-refractivity contribution is -0.134. The van der Waals surface area contributed by atoms with Crippen LogP contribution in [0.3, 0.4) is 0 Å². The van der Waals surface area contributed by atoms with Crippen molar-refractivity contribution in [1.82, 2.24) is 5.32 Å². The van der Waals surface area contributed by atoms with Gasteiger partial charge in [0.15, 0.2) is 0 Å². The molecule has 0 saturated heterocycles. The first-order chi connectivity index (χ1) is 16.0. The highest BCUT2D eigenvalue weighted by atomic mass is 16.5. The number of carbonyl (C=O) groups excluding carboxylic acids is 2. The van der Waals surface area contributed by atoms with Gasteiger partial charge < -0.3 is 19.2 Å². The summed E-state index contributed by atoms with van der Waals surface area (Å²) < 4.78 is 16.1. The van der Waals surface area contributed by atoms with E-state index in [1.54, 1.807) is 36.4 Å². The van der Waals surface area contributed by atoms with E-state index in [1.807, 2.05) is 37.3 Å². The maximum absolute atomic E-state index is 12.2. The molecule has 0 spiro atoms. The fraction of sp³-hybridized carbons (Fsp3) is 0.192. The second-order valence-corrected chi connectivity index (χ2v) is 7.24. The average molecular weight is 444 g/mol. The van der Waals surface area contributed by atoms with E-state index in [0.717, 1.165) is 11.3 Å². The number of nitrogens with one attached hydrogen (secondary N) is 1. The second kappa shape index (κ2) is 11.9. The van der Waals surface area contributed by atoms with Crippen molar-refractivity contribution in [3.63, 3.8) is 0 Å². The van der Waals surface area contributed by atoms with Gasteiger partial charge in [0.05, 0.1) is 19.4 Å². The summed E-state index contributed by atoms with van der Waals surface area (Å²) in [5, 5.41) is 11.9. The fourth-order valence-corrected chi connectivity index (χ4v) is 2.92. The summed E-state index contributed by atoms with van der Waals surface area (Å²) in [6, 6.07) is 19.6. The molecule has 2 aromatic carbocycles. The fourth-order valence-electron chi connectivity index (χ4n) is 2.92. The lowest BCUT2D eigenvalue weighted by Crippen LogP contribution is -2.23. The van der Waals surface area contributed by atoms with Crippen LogP contribution >= 0.6 is 0 Å². The molecule has 3 rings (SSSR count). The van der Waals surface area contributed by atoms with Crippen LogP contribution in [-0.4, -0.2) is 18.5 Å². The van der Waals surface area contributed by atoms with Gasteiger partial charge in [-0.1, -0.05) is 24.3 Å². The zero-order valence-electron chi connectivity index (χ0n) is 18.2. The number of carbonyl (C=O) groups is 2. The number of aryl methyl sites for hydroxylation is 1. The molecule has 0 bridgehead atoms. The Hall–Kier alpha value is -4.31. The lowest BCUT2D eigenvalue weighted by atomic mass is 10.1. The molecule has 0 saturated carbocycles. The predicted octanol–water partition coefficient (Wildman–Crippen LogP) is 4.58. The number of amides is 1. The van der Waals surface area contributed by atoms with Crippen molar-refractivity contribution in [3.8, 4) is 17.6 Å². The number of esters is 1. The summed E-state index contributed by atoms with van der Waals surface area (Å²) in [6.07, 6.45) is 3.73. The lowest BCUT2D eigenvalue weighted by Gasteiger charge is -2.07. The third kappa shape index (κ3) is 7.71. The molecule has 0 fully saturated rings. The summed E-state index contributed by atoms with van der Waals surface area (Å²) in [7, 11) is 0. The van der Waals surface area contributed by atoms with Gasteiger partial charge in [0.2, 0.25) is 0 Å². The van der Waals surface area contributed by atoms with Gasteiger partial charge in [0.1, 0.15) is 28.9 Å². The molecule has 0 atom stereocenters. The first kappa shape index (κ1) is 23.4. The van der Waals surface area contributed by atoms with Crippen LogP contribution in [0.1, 0.15) is 29.7 Å². The number of hydrogen-bond donors (Lipinski definition) is 1. The van der Waals surface area contributed by atoms with E-state index >= 15 is 0 Å². The first-order valence-corrected chi connectivity index (χ1v) is 10.5. The van der Waals surface area contributed by atoms with Crippen LogP contribution in [0.5, 0.6) is 11.5 Å². The van der Waals surface area contributed by atoms with Crippen molar-refractivity contribution in [3.05, 3.63) is 89.4 Å². The van der Waals surface area contributed by atoms with Crippen LogP contribution in [-0.2, 0) is 16.1 Å². The zero-order valence-corrected chi connectivity index (χ0v) is 18.2. The molecule has 33 heavy (non-hydrogen) atoms. The number of nitriles is 1. The van der Waals surface area contributed by atoms with Crippen molar-refractivity contribution < 1.29 is 23.5 Å². The Bertz CT molecular complexity index is 1140. The number of ether oxygens (including phenoxy) is 2. The van der Waals surface area contributed by atoms with Crippen molar-refractivity contribution in [2.75, 3.05) is 6.61 Å². The minimum absolute atomic E-state index is 0.0417. The van der Waals surface area contributed by atoms with E-state index in [4.69, 9.17) is 13.9 Å². The Kier molecular flexibility index (Phi) is 8.43. The van der Waals surface area contributed by atoms with Crippen molar-refractivity contribution in [2.45, 2.75) is 26.3 Å². The van der Waals surface area contributed by atoms with E-state index in [0.29, 0.717) is 30.1 Å². The third-order valence-corrected chi connectivity index (χ3v) is 4.57. The SMILES string of the molecule is Cc1cccc(OCCCC(=O)Oc2ccc(/C=C(\C#N)C(=O)NCc3ccco3)cc2)c1. The quantitative estimate of drug-likeness (QED) is 0.162. The highest BCUT2D eigenvalue weighted by Crippen LogP contribution is 2.16. The summed E-state index contributed by atoms with van der Waals surface area (Å²) in [5.41, 5.74) is 1.70. The Morgan fingerprint density at radius 3 is 2.61 bits per heavy atom. The van der Waals surface area contributed by atoms with Gasteiger partial charge in [0, 0.05) is 6.42 Å². The van der Waals surface area contributed by atoms with Crippen LogP contribution < -0.4 is 14.8 Å². The van der Waals surface area contributed by atoms with Gasteiger partial charge in [0.25, 0.3) is 5.91 Å². The molecule has 0 aliphatic rings. The predicted molar refractivity (Wildman–Crippen MR) is 122 cm³/mol. The Balaban J connectivity index is 1.44. The van der Waals surface area contributed by atoms with Crippen LogP contribution in [0.2, 0.25) is 0 Å². The summed E-state index contributed by atoms with van der Waals surface area (Å²) in [4.78, 5) is 24.2. The Morgan fingerprint density at radius 1 is 1.09 bits per heavy atom.